The molecule has 5 nitrogen and oxygen atoms in total. The van der Waals surface area contributed by atoms with Crippen LogP contribution in [0.5, 0.6) is 0 Å². The van der Waals surface area contributed by atoms with Crippen molar-refractivity contribution in [2.24, 2.45) is 5.92 Å². The van der Waals surface area contributed by atoms with E-state index in [1.807, 2.05) is 0 Å². The van der Waals surface area contributed by atoms with Crippen LogP contribution >= 0.6 is 0 Å². The van der Waals surface area contributed by atoms with Crippen LogP contribution in [-0.4, -0.2) is 53.4 Å². The van der Waals surface area contributed by atoms with Gasteiger partial charge in [-0.3, -0.25) is 4.79 Å². The van der Waals surface area contributed by atoms with Gasteiger partial charge in [-0.2, -0.15) is 0 Å². The Bertz CT molecular complexity index is 498. The highest BCUT2D eigenvalue weighted by molar-refractivity contribution is 6.74. The van der Waals surface area contributed by atoms with Crippen LogP contribution in [0.1, 0.15) is 66.2 Å². The molecule has 1 aliphatic carbocycles. The third-order valence-corrected chi connectivity index (χ3v) is 10.6. The molecule has 0 radical (unpaired) electrons. The molecule has 170 valence electrons. The summed E-state index contributed by atoms with van der Waals surface area (Å²) in [4.78, 5) is 12.2. The molecule has 3 atom stereocenters. The van der Waals surface area contributed by atoms with Crippen LogP contribution in [0.2, 0.25) is 18.1 Å². The van der Waals surface area contributed by atoms with Crippen LogP contribution in [0.15, 0.2) is 12.2 Å². The molecule has 0 N–H and O–H groups in total. The summed E-state index contributed by atoms with van der Waals surface area (Å²) in [5.74, 6) is 0.443. The summed E-state index contributed by atoms with van der Waals surface area (Å²) in [5.41, 5.74) is 0. The molecule has 0 spiro atoms. The van der Waals surface area contributed by atoms with Crippen molar-refractivity contribution in [3.63, 3.8) is 0 Å². The first-order valence-electron chi connectivity index (χ1n) is 11.2. The highest BCUT2D eigenvalue weighted by atomic mass is 28.4. The highest BCUT2D eigenvalue weighted by Crippen LogP contribution is 2.40. The zero-order valence-electron chi connectivity index (χ0n) is 19.8. The van der Waals surface area contributed by atoms with Crippen molar-refractivity contribution in [2.75, 3.05) is 27.1 Å². The third-order valence-electron chi connectivity index (χ3n) is 6.08. The molecule has 0 aromatic heterocycles. The van der Waals surface area contributed by atoms with Crippen LogP contribution in [0, 0.1) is 5.92 Å². The summed E-state index contributed by atoms with van der Waals surface area (Å²) in [5, 5.41) is 0.137. The molecule has 0 aromatic rings. The number of Topliss-reactive ketones (excluding diaryl/α,β-unsaturated/α-hetero) is 1. The number of unbranched alkanes of at least 4 members (excludes halogenated alkanes) is 2. The molecule has 1 saturated carbocycles. The first kappa shape index (κ1) is 26.5. The molecule has 0 amide bonds. The summed E-state index contributed by atoms with van der Waals surface area (Å²) in [6, 6.07) is 0. The van der Waals surface area contributed by atoms with Gasteiger partial charge in [-0.25, -0.2) is 0 Å². The Kier molecular flexibility index (Phi) is 11.9. The lowest BCUT2D eigenvalue weighted by Gasteiger charge is -2.39. The molecule has 0 aliphatic heterocycles. The van der Waals surface area contributed by atoms with Crippen molar-refractivity contribution in [2.45, 2.75) is 96.6 Å². The molecule has 0 aromatic carbocycles. The number of hydrogen-bond donors (Lipinski definition) is 0. The predicted octanol–water partition coefficient (Wildman–Crippen LogP) is 5.50. The van der Waals surface area contributed by atoms with E-state index in [-0.39, 0.29) is 30.0 Å². The second-order valence-corrected chi connectivity index (χ2v) is 14.4. The minimum Gasteiger partial charge on any atom is -0.413 e. The topological polar surface area (TPSA) is 54.0 Å². The van der Waals surface area contributed by atoms with Gasteiger partial charge in [0.1, 0.15) is 12.6 Å². The van der Waals surface area contributed by atoms with E-state index >= 15 is 0 Å². The number of methoxy groups -OCH3 is 1. The van der Waals surface area contributed by atoms with Gasteiger partial charge in [-0.15, -0.1) is 0 Å². The summed E-state index contributed by atoms with van der Waals surface area (Å²) in [6.45, 7) is 14.8. The quantitative estimate of drug-likeness (QED) is 0.158. The second kappa shape index (κ2) is 13.0. The maximum atomic E-state index is 12.2. The zero-order valence-corrected chi connectivity index (χ0v) is 20.8. The molecule has 0 unspecified atom stereocenters. The molecule has 6 heteroatoms. The van der Waals surface area contributed by atoms with Crippen molar-refractivity contribution in [1.82, 2.24) is 0 Å². The molecule has 0 saturated heterocycles. The first-order valence-corrected chi connectivity index (χ1v) is 14.1. The van der Waals surface area contributed by atoms with E-state index in [4.69, 9.17) is 18.6 Å². The van der Waals surface area contributed by atoms with E-state index in [9.17, 15) is 4.79 Å². The monoisotopic (exact) mass is 428 g/mol. The maximum Gasteiger partial charge on any atom is 0.192 e. The third kappa shape index (κ3) is 9.88. The van der Waals surface area contributed by atoms with Gasteiger partial charge in [-0.05, 0) is 24.6 Å². The zero-order chi connectivity index (χ0) is 21.9. The highest BCUT2D eigenvalue weighted by Gasteiger charge is 2.43. The Hall–Kier alpha value is -0.533. The van der Waals surface area contributed by atoms with Gasteiger partial charge in [0.05, 0.1) is 25.4 Å². The summed E-state index contributed by atoms with van der Waals surface area (Å²) in [6.07, 6.45) is 9.85. The molecule has 0 bridgehead atoms. The number of ketones is 1. The molecule has 1 rings (SSSR count). The molecule has 1 fully saturated rings. The Labute approximate surface area is 179 Å². The van der Waals surface area contributed by atoms with Crippen LogP contribution in [0.3, 0.4) is 0 Å². The molecule has 1 aliphatic rings. The van der Waals surface area contributed by atoms with E-state index in [0.717, 1.165) is 12.8 Å². The fraction of sp³-hybridized carbons (Fsp3) is 0.870. The van der Waals surface area contributed by atoms with Crippen LogP contribution in [0.25, 0.3) is 0 Å². The second-order valence-electron chi connectivity index (χ2n) is 9.63. The lowest BCUT2D eigenvalue weighted by molar-refractivity contribution is -0.117. The van der Waals surface area contributed by atoms with Crippen molar-refractivity contribution < 1.29 is 23.4 Å². The van der Waals surface area contributed by atoms with E-state index in [2.05, 4.69) is 52.9 Å². The number of hydrogen-bond acceptors (Lipinski definition) is 5. The minimum atomic E-state index is -1.91. The number of carbonyl (C=O) groups excluding carboxylic acids is 1. The number of carbonyl (C=O) groups is 1. The van der Waals surface area contributed by atoms with Crippen molar-refractivity contribution in [1.29, 1.82) is 0 Å². The van der Waals surface area contributed by atoms with E-state index in [1.54, 1.807) is 7.11 Å². The summed E-state index contributed by atoms with van der Waals surface area (Å²) >= 11 is 0. The molecule has 0 heterocycles. The molecular weight excluding hydrogens is 384 g/mol. The Balaban J connectivity index is 2.70. The minimum absolute atomic E-state index is 0.00566. The van der Waals surface area contributed by atoms with Crippen LogP contribution < -0.4 is 0 Å². The Morgan fingerprint density at radius 2 is 1.90 bits per heavy atom. The van der Waals surface area contributed by atoms with Gasteiger partial charge in [0.2, 0.25) is 0 Å². The van der Waals surface area contributed by atoms with Gasteiger partial charge < -0.3 is 18.6 Å². The largest absolute Gasteiger partial charge is 0.413 e. The average Bonchev–Trinajstić information content (AvgIpc) is 2.96. The maximum absolute atomic E-state index is 12.2. The normalized spacial score (nSPS) is 22.0. The SMILES string of the molecule is CCCCC[C@H](/C=C/[C@@H]1CC(=O)C[C@@H]1O[Si](C)(C)C(C)(C)C)OCOCCOC. The number of rotatable bonds is 14. The predicted molar refractivity (Wildman–Crippen MR) is 121 cm³/mol. The smallest absolute Gasteiger partial charge is 0.192 e. The first-order chi connectivity index (χ1) is 13.6. The lowest BCUT2D eigenvalue weighted by Crippen LogP contribution is -2.44. The standard InChI is InChI=1S/C23H44O5Si/c1-8-9-10-11-21(27-18-26-15-14-25-5)13-12-19-16-20(24)17-22(19)28-29(6,7)23(2,3)4/h12-13,19,21-22H,8-11,14-18H2,1-7H3/b13-12+/t19-,21-,22+/m1/s1. The molecule has 29 heavy (non-hydrogen) atoms. The molecular formula is C23H44O5Si. The van der Waals surface area contributed by atoms with E-state index in [1.165, 1.54) is 12.8 Å². The number of ether oxygens (including phenoxy) is 3. The van der Waals surface area contributed by atoms with E-state index in [0.29, 0.717) is 31.8 Å². The summed E-state index contributed by atoms with van der Waals surface area (Å²) in [7, 11) is -0.248. The Morgan fingerprint density at radius 3 is 2.52 bits per heavy atom. The van der Waals surface area contributed by atoms with Crippen molar-refractivity contribution in [3.05, 3.63) is 12.2 Å². The van der Waals surface area contributed by atoms with Crippen molar-refractivity contribution in [3.8, 4) is 0 Å². The van der Waals surface area contributed by atoms with Crippen molar-refractivity contribution >= 4 is 14.1 Å². The van der Waals surface area contributed by atoms with Crippen LogP contribution in [0.4, 0.5) is 0 Å². The van der Waals surface area contributed by atoms with Gasteiger partial charge in [0.15, 0.2) is 8.32 Å². The fourth-order valence-electron chi connectivity index (χ4n) is 3.16. The van der Waals surface area contributed by atoms with Gasteiger partial charge in [-0.1, -0.05) is 59.1 Å². The summed E-state index contributed by atoms with van der Waals surface area (Å²) < 4.78 is 23.0. The van der Waals surface area contributed by atoms with Crippen LogP contribution in [-0.2, 0) is 23.4 Å². The average molecular weight is 429 g/mol. The van der Waals surface area contributed by atoms with Gasteiger partial charge in [0, 0.05) is 25.9 Å². The van der Waals surface area contributed by atoms with Gasteiger partial charge >= 0.3 is 0 Å². The van der Waals surface area contributed by atoms with E-state index < -0.39 is 8.32 Å². The lowest BCUT2D eigenvalue weighted by atomic mass is 10.0. The Morgan fingerprint density at radius 1 is 1.17 bits per heavy atom. The fourth-order valence-corrected chi connectivity index (χ4v) is 4.53. The van der Waals surface area contributed by atoms with Gasteiger partial charge in [0.25, 0.3) is 0 Å².